The average molecular weight is 392 g/mol. The van der Waals surface area contributed by atoms with Crippen molar-refractivity contribution in [3.8, 4) is 0 Å². The summed E-state index contributed by atoms with van der Waals surface area (Å²) in [4.78, 5) is 28.3. The number of pyridine rings is 1. The summed E-state index contributed by atoms with van der Waals surface area (Å²) in [5.74, 6) is -2.32. The molecule has 3 rings (SSSR count). The lowest BCUT2D eigenvalue weighted by atomic mass is 10.0. The Morgan fingerprint density at radius 1 is 1.26 bits per heavy atom. The first kappa shape index (κ1) is 18.8. The minimum atomic E-state index is -1.21. The molecule has 1 atom stereocenters. The Morgan fingerprint density at radius 2 is 2.00 bits per heavy atom. The number of aromatic nitrogens is 1. The van der Waals surface area contributed by atoms with Crippen molar-refractivity contribution >= 4 is 34.1 Å². The van der Waals surface area contributed by atoms with E-state index in [2.05, 4.69) is 10.3 Å². The molecule has 0 saturated carbocycles. The van der Waals surface area contributed by atoms with Gasteiger partial charge in [-0.1, -0.05) is 23.7 Å². The second-order valence-corrected chi connectivity index (χ2v) is 6.52. The van der Waals surface area contributed by atoms with Crippen molar-refractivity contribution in [2.24, 2.45) is 0 Å². The molecule has 0 fully saturated rings. The zero-order chi connectivity index (χ0) is 19.7. The minimum absolute atomic E-state index is 0.243. The summed E-state index contributed by atoms with van der Waals surface area (Å²) in [5.41, 5.74) is 0.266. The van der Waals surface area contributed by atoms with Crippen LogP contribution in [0.3, 0.4) is 0 Å². The van der Waals surface area contributed by atoms with Gasteiger partial charge >= 0.3 is 6.03 Å². The second kappa shape index (κ2) is 7.36. The van der Waals surface area contributed by atoms with Gasteiger partial charge in [-0.05, 0) is 42.1 Å². The highest BCUT2D eigenvalue weighted by atomic mass is 35.5. The van der Waals surface area contributed by atoms with Crippen LogP contribution in [0, 0.1) is 11.6 Å². The smallest absolute Gasteiger partial charge is 0.322 e. The number of urea groups is 1. The molecule has 2 aromatic carbocycles. The van der Waals surface area contributed by atoms with Gasteiger partial charge in [-0.25, -0.2) is 13.6 Å². The van der Waals surface area contributed by atoms with E-state index in [1.165, 1.54) is 17.2 Å². The van der Waals surface area contributed by atoms with E-state index in [0.717, 1.165) is 6.07 Å². The molecular formula is C19H16ClF2N3O2. The number of hydrogen-bond donors (Lipinski definition) is 2. The molecule has 0 saturated heterocycles. The maximum absolute atomic E-state index is 14.1. The van der Waals surface area contributed by atoms with Crippen LogP contribution in [0.5, 0.6) is 0 Å². The molecule has 0 aliphatic carbocycles. The molecular weight excluding hydrogens is 376 g/mol. The molecule has 1 heterocycles. The molecule has 0 aliphatic rings. The number of benzene rings is 2. The second-order valence-electron chi connectivity index (χ2n) is 6.08. The van der Waals surface area contributed by atoms with E-state index in [1.54, 1.807) is 38.2 Å². The van der Waals surface area contributed by atoms with Crippen molar-refractivity contribution in [3.63, 3.8) is 0 Å². The number of hydrogen-bond acceptors (Lipinski definition) is 2. The number of carbonyl (C=O) groups is 1. The highest BCUT2D eigenvalue weighted by molar-refractivity contribution is 6.30. The fourth-order valence-corrected chi connectivity index (χ4v) is 3.00. The summed E-state index contributed by atoms with van der Waals surface area (Å²) < 4.78 is 27.6. The first-order valence-corrected chi connectivity index (χ1v) is 8.46. The molecule has 140 valence electrons. The molecule has 0 aliphatic heterocycles. The minimum Gasteiger partial charge on any atom is -0.328 e. The summed E-state index contributed by atoms with van der Waals surface area (Å²) in [5, 5.41) is 3.06. The van der Waals surface area contributed by atoms with E-state index in [-0.39, 0.29) is 10.8 Å². The van der Waals surface area contributed by atoms with Gasteiger partial charge in [-0.2, -0.15) is 0 Å². The Bertz CT molecular complexity index is 1080. The quantitative estimate of drug-likeness (QED) is 0.680. The normalized spacial score (nSPS) is 12.0. The van der Waals surface area contributed by atoms with Gasteiger partial charge in [-0.15, -0.1) is 0 Å². The van der Waals surface area contributed by atoms with Crippen LogP contribution in [0.2, 0.25) is 5.02 Å². The third-order valence-corrected chi connectivity index (χ3v) is 4.65. The zero-order valence-corrected chi connectivity index (χ0v) is 15.3. The number of H-pyrrole nitrogens is 1. The van der Waals surface area contributed by atoms with Gasteiger partial charge in [0, 0.05) is 24.0 Å². The summed E-state index contributed by atoms with van der Waals surface area (Å²) in [6, 6.07) is 8.01. The summed E-state index contributed by atoms with van der Waals surface area (Å²) in [7, 11) is 1.56. The molecule has 3 aromatic rings. The van der Waals surface area contributed by atoms with Crippen molar-refractivity contribution in [2.45, 2.75) is 13.0 Å². The Hall–Kier alpha value is -2.93. The van der Waals surface area contributed by atoms with E-state index >= 15 is 0 Å². The van der Waals surface area contributed by atoms with Crippen molar-refractivity contribution < 1.29 is 13.6 Å². The predicted molar refractivity (Wildman–Crippen MR) is 101 cm³/mol. The highest BCUT2D eigenvalue weighted by Gasteiger charge is 2.22. The van der Waals surface area contributed by atoms with Crippen LogP contribution in [0.25, 0.3) is 10.8 Å². The lowest BCUT2D eigenvalue weighted by Gasteiger charge is -2.26. The molecule has 8 heteroatoms. The predicted octanol–water partition coefficient (Wildman–Crippen LogP) is 4.68. The fraction of sp³-hybridized carbons (Fsp3) is 0.158. The molecule has 0 spiro atoms. The van der Waals surface area contributed by atoms with Crippen LogP contribution >= 0.6 is 11.6 Å². The molecule has 1 aromatic heterocycles. The maximum atomic E-state index is 14.1. The number of amides is 2. The highest BCUT2D eigenvalue weighted by Crippen LogP contribution is 2.28. The first-order chi connectivity index (χ1) is 12.8. The van der Waals surface area contributed by atoms with E-state index < -0.39 is 29.3 Å². The van der Waals surface area contributed by atoms with Gasteiger partial charge in [0.2, 0.25) is 0 Å². The van der Waals surface area contributed by atoms with Crippen molar-refractivity contribution in [1.82, 2.24) is 9.88 Å². The van der Waals surface area contributed by atoms with E-state index in [0.29, 0.717) is 16.3 Å². The van der Waals surface area contributed by atoms with Crippen LogP contribution in [-0.2, 0) is 0 Å². The zero-order valence-electron chi connectivity index (χ0n) is 14.5. The molecule has 1 unspecified atom stereocenters. The van der Waals surface area contributed by atoms with Gasteiger partial charge in [0.15, 0.2) is 11.6 Å². The fourth-order valence-electron chi connectivity index (χ4n) is 2.81. The molecule has 5 nitrogen and oxygen atoms in total. The van der Waals surface area contributed by atoms with Crippen LogP contribution in [0.15, 0.2) is 47.4 Å². The van der Waals surface area contributed by atoms with E-state index in [4.69, 9.17) is 11.6 Å². The number of nitrogens with one attached hydrogen (secondary N) is 2. The standard InChI is InChI=1S/C19H16ClF2N3O2/c1-10(25(2)19(27)24-12-5-3-4-11(20)8-12)14-9-23-18(26)16-13(14)6-7-15(21)17(16)22/h3-10H,1-2H3,(H,23,26)(H,24,27). The number of halogens is 3. The molecule has 0 radical (unpaired) electrons. The van der Waals surface area contributed by atoms with Gasteiger partial charge in [-0.3, -0.25) is 4.79 Å². The SMILES string of the molecule is CC(c1c[nH]c(=O)c2c(F)c(F)ccc12)N(C)C(=O)Nc1cccc(Cl)c1. The lowest BCUT2D eigenvalue weighted by molar-refractivity contribution is 0.208. The number of fused-ring (bicyclic) bond motifs is 1. The molecule has 2 N–H and O–H groups in total. The van der Waals surface area contributed by atoms with Gasteiger partial charge in [0.25, 0.3) is 5.56 Å². The molecule has 2 amide bonds. The Labute approximate surface area is 158 Å². The van der Waals surface area contributed by atoms with Crippen molar-refractivity contribution in [3.05, 3.63) is 75.2 Å². The summed E-state index contributed by atoms with van der Waals surface area (Å²) >= 11 is 5.91. The monoisotopic (exact) mass is 391 g/mol. The number of rotatable bonds is 3. The number of carbonyl (C=O) groups excluding carboxylic acids is 1. The number of nitrogens with zero attached hydrogens (tertiary/aromatic N) is 1. The van der Waals surface area contributed by atoms with E-state index in [9.17, 15) is 18.4 Å². The van der Waals surface area contributed by atoms with E-state index in [1.807, 2.05) is 0 Å². The lowest BCUT2D eigenvalue weighted by Crippen LogP contribution is -2.34. The van der Waals surface area contributed by atoms with Gasteiger partial charge in [0.1, 0.15) is 0 Å². The molecule has 0 bridgehead atoms. The van der Waals surface area contributed by atoms with Gasteiger partial charge < -0.3 is 15.2 Å². The third-order valence-electron chi connectivity index (χ3n) is 4.42. The van der Waals surface area contributed by atoms with Crippen LogP contribution in [0.4, 0.5) is 19.3 Å². The summed E-state index contributed by atoms with van der Waals surface area (Å²) in [6.45, 7) is 1.71. The van der Waals surface area contributed by atoms with Crippen molar-refractivity contribution in [2.75, 3.05) is 12.4 Å². The Morgan fingerprint density at radius 3 is 2.70 bits per heavy atom. The summed E-state index contributed by atoms with van der Waals surface area (Å²) in [6.07, 6.45) is 1.40. The Kier molecular flexibility index (Phi) is 5.14. The third kappa shape index (κ3) is 3.64. The van der Waals surface area contributed by atoms with Crippen LogP contribution in [-0.4, -0.2) is 23.0 Å². The van der Waals surface area contributed by atoms with Crippen LogP contribution < -0.4 is 10.9 Å². The first-order valence-electron chi connectivity index (χ1n) is 8.08. The maximum Gasteiger partial charge on any atom is 0.322 e. The number of anilines is 1. The van der Waals surface area contributed by atoms with Gasteiger partial charge in [0.05, 0.1) is 11.4 Å². The topological polar surface area (TPSA) is 65.2 Å². The number of aromatic amines is 1. The van der Waals surface area contributed by atoms with Crippen LogP contribution in [0.1, 0.15) is 18.5 Å². The molecule has 27 heavy (non-hydrogen) atoms. The largest absolute Gasteiger partial charge is 0.328 e. The van der Waals surface area contributed by atoms with Crippen molar-refractivity contribution in [1.29, 1.82) is 0 Å². The Balaban J connectivity index is 1.94. The average Bonchev–Trinajstić information content (AvgIpc) is 2.63.